The van der Waals surface area contributed by atoms with Crippen LogP contribution in [-0.4, -0.2) is 16.6 Å². The summed E-state index contributed by atoms with van der Waals surface area (Å²) < 4.78 is 30.6. The SMILES string of the molecule is N#CC(=Cc1ccc(-c2ccc(SC(F)F)cc2)o1)C(=O)Nc1nc(-c2cccs2)cs1. The molecule has 0 aliphatic rings. The molecule has 0 atom stereocenters. The summed E-state index contributed by atoms with van der Waals surface area (Å²) in [5, 5.41) is 16.2. The van der Waals surface area contributed by atoms with E-state index < -0.39 is 11.7 Å². The Morgan fingerprint density at radius 2 is 2.00 bits per heavy atom. The van der Waals surface area contributed by atoms with Gasteiger partial charge in [0.2, 0.25) is 0 Å². The van der Waals surface area contributed by atoms with E-state index in [9.17, 15) is 18.8 Å². The van der Waals surface area contributed by atoms with Gasteiger partial charge in [0.25, 0.3) is 11.7 Å². The Kier molecular flexibility index (Phi) is 6.80. The van der Waals surface area contributed by atoms with E-state index in [1.165, 1.54) is 17.4 Å². The van der Waals surface area contributed by atoms with Crippen LogP contribution in [0.5, 0.6) is 0 Å². The quantitative estimate of drug-likeness (QED) is 0.173. The summed E-state index contributed by atoms with van der Waals surface area (Å²) in [6.45, 7) is 0. The molecule has 0 unspecified atom stereocenters. The molecule has 10 heteroatoms. The number of anilines is 1. The minimum absolute atomic E-state index is 0.137. The Hall–Kier alpha value is -3.26. The Morgan fingerprint density at radius 3 is 2.69 bits per heavy atom. The number of thiazole rings is 1. The summed E-state index contributed by atoms with van der Waals surface area (Å²) in [6.07, 6.45) is 1.34. The van der Waals surface area contributed by atoms with Gasteiger partial charge in [0.15, 0.2) is 5.13 Å². The zero-order valence-electron chi connectivity index (χ0n) is 16.1. The highest BCUT2D eigenvalue weighted by Gasteiger charge is 2.14. The van der Waals surface area contributed by atoms with Crippen molar-refractivity contribution in [2.75, 3.05) is 5.32 Å². The van der Waals surface area contributed by atoms with Crippen LogP contribution in [0, 0.1) is 11.3 Å². The maximum absolute atomic E-state index is 12.5. The van der Waals surface area contributed by atoms with E-state index in [-0.39, 0.29) is 5.57 Å². The second kappa shape index (κ2) is 9.91. The molecular weight excluding hydrogens is 472 g/mol. The standard InChI is InChI=1S/C22H13F2N3O2S3/c23-21(24)32-16-6-3-13(4-7-16)18-8-5-15(29-18)10-14(11-25)20(28)27-22-26-17(12-31-22)19-2-1-9-30-19/h1-10,12,21H,(H,26,27,28). The number of benzene rings is 1. The number of furan rings is 1. The lowest BCUT2D eigenvalue weighted by Gasteiger charge is -2.01. The molecule has 3 heterocycles. The molecule has 0 fully saturated rings. The number of halogens is 2. The predicted molar refractivity (Wildman–Crippen MR) is 124 cm³/mol. The fourth-order valence-electron chi connectivity index (χ4n) is 2.71. The predicted octanol–water partition coefficient (Wildman–Crippen LogP) is 6.99. The molecule has 0 radical (unpaired) electrons. The monoisotopic (exact) mass is 485 g/mol. The fourth-order valence-corrected chi connectivity index (χ4v) is 4.68. The van der Waals surface area contributed by atoms with E-state index in [1.807, 2.05) is 29.0 Å². The fraction of sp³-hybridized carbons (Fsp3) is 0.0455. The Balaban J connectivity index is 1.46. The van der Waals surface area contributed by atoms with E-state index >= 15 is 0 Å². The van der Waals surface area contributed by atoms with Crippen LogP contribution >= 0.6 is 34.4 Å². The number of nitriles is 1. The lowest BCUT2D eigenvalue weighted by atomic mass is 10.2. The maximum atomic E-state index is 12.5. The van der Waals surface area contributed by atoms with E-state index in [0.717, 1.165) is 10.6 Å². The van der Waals surface area contributed by atoms with Crippen LogP contribution in [0.4, 0.5) is 13.9 Å². The van der Waals surface area contributed by atoms with Crippen LogP contribution in [0.2, 0.25) is 0 Å². The van der Waals surface area contributed by atoms with Crippen molar-refractivity contribution in [2.24, 2.45) is 0 Å². The number of thioether (sulfide) groups is 1. The summed E-state index contributed by atoms with van der Waals surface area (Å²) in [4.78, 5) is 18.3. The van der Waals surface area contributed by atoms with Gasteiger partial charge < -0.3 is 4.42 Å². The molecule has 0 aliphatic carbocycles. The molecule has 0 spiro atoms. The summed E-state index contributed by atoms with van der Waals surface area (Å²) in [5.41, 5.74) is 1.31. The first-order valence-corrected chi connectivity index (χ1v) is 11.7. The lowest BCUT2D eigenvalue weighted by Crippen LogP contribution is -2.13. The first kappa shape index (κ1) is 22.0. The minimum Gasteiger partial charge on any atom is -0.457 e. The second-order valence-corrected chi connectivity index (χ2v) is 9.11. The van der Waals surface area contributed by atoms with Crippen molar-refractivity contribution in [3.05, 3.63) is 70.6 Å². The number of hydrogen-bond acceptors (Lipinski definition) is 7. The van der Waals surface area contributed by atoms with Crippen LogP contribution in [0.3, 0.4) is 0 Å². The van der Waals surface area contributed by atoms with Gasteiger partial charge >= 0.3 is 0 Å². The molecule has 0 aliphatic heterocycles. The molecule has 0 bridgehead atoms. The zero-order valence-corrected chi connectivity index (χ0v) is 18.6. The number of alkyl halides is 2. The third-order valence-corrected chi connectivity index (χ3v) is 6.51. The number of rotatable bonds is 7. The van der Waals surface area contributed by atoms with Gasteiger partial charge in [-0.25, -0.2) is 4.98 Å². The molecular formula is C22H13F2N3O2S3. The highest BCUT2D eigenvalue weighted by Crippen LogP contribution is 2.30. The number of aromatic nitrogens is 1. The molecule has 1 amide bonds. The number of carbonyl (C=O) groups is 1. The Bertz CT molecular complexity index is 1290. The molecule has 4 aromatic rings. The second-order valence-electron chi connectivity index (χ2n) is 6.24. The maximum Gasteiger partial charge on any atom is 0.288 e. The van der Waals surface area contributed by atoms with Gasteiger partial charge in [-0.3, -0.25) is 10.1 Å². The topological polar surface area (TPSA) is 78.9 Å². The van der Waals surface area contributed by atoms with Crippen molar-refractivity contribution in [1.82, 2.24) is 4.98 Å². The first-order chi connectivity index (χ1) is 15.5. The van der Waals surface area contributed by atoms with Gasteiger partial charge in [0.1, 0.15) is 23.2 Å². The van der Waals surface area contributed by atoms with Crippen LogP contribution in [0.25, 0.3) is 28.0 Å². The molecule has 5 nitrogen and oxygen atoms in total. The highest BCUT2D eigenvalue weighted by atomic mass is 32.2. The lowest BCUT2D eigenvalue weighted by molar-refractivity contribution is -0.112. The minimum atomic E-state index is -2.48. The zero-order chi connectivity index (χ0) is 22.5. The van der Waals surface area contributed by atoms with Gasteiger partial charge in [0.05, 0.1) is 10.6 Å². The number of thiophene rings is 1. The molecule has 1 aromatic carbocycles. The van der Waals surface area contributed by atoms with Crippen LogP contribution < -0.4 is 5.32 Å². The molecule has 4 rings (SSSR count). The third kappa shape index (κ3) is 5.31. The van der Waals surface area contributed by atoms with Crippen LogP contribution in [0.1, 0.15) is 5.76 Å². The van der Waals surface area contributed by atoms with E-state index in [4.69, 9.17) is 4.42 Å². The van der Waals surface area contributed by atoms with Gasteiger partial charge in [-0.1, -0.05) is 30.0 Å². The molecule has 3 aromatic heterocycles. The highest BCUT2D eigenvalue weighted by molar-refractivity contribution is 7.99. The van der Waals surface area contributed by atoms with Gasteiger partial charge in [0, 0.05) is 21.9 Å². The molecule has 1 N–H and O–H groups in total. The summed E-state index contributed by atoms with van der Waals surface area (Å²) in [7, 11) is 0. The molecule has 0 saturated carbocycles. The number of nitrogens with one attached hydrogen (secondary N) is 1. The number of nitrogens with zero attached hydrogens (tertiary/aromatic N) is 2. The Morgan fingerprint density at radius 1 is 1.19 bits per heavy atom. The van der Waals surface area contributed by atoms with Crippen molar-refractivity contribution >= 4 is 51.6 Å². The average Bonchev–Trinajstić information content (AvgIpc) is 3.53. The van der Waals surface area contributed by atoms with Crippen LogP contribution in [-0.2, 0) is 4.79 Å². The number of hydrogen-bond donors (Lipinski definition) is 1. The summed E-state index contributed by atoms with van der Waals surface area (Å²) >= 11 is 3.28. The van der Waals surface area contributed by atoms with E-state index in [2.05, 4.69) is 10.3 Å². The average molecular weight is 486 g/mol. The van der Waals surface area contributed by atoms with Crippen molar-refractivity contribution in [3.8, 4) is 28.0 Å². The van der Waals surface area contributed by atoms with Crippen molar-refractivity contribution in [2.45, 2.75) is 10.7 Å². The van der Waals surface area contributed by atoms with Crippen molar-refractivity contribution in [3.63, 3.8) is 0 Å². The van der Waals surface area contributed by atoms with Gasteiger partial charge in [-0.2, -0.15) is 14.0 Å². The number of carbonyl (C=O) groups excluding carboxylic acids is 1. The first-order valence-electron chi connectivity index (χ1n) is 9.09. The van der Waals surface area contributed by atoms with Crippen molar-refractivity contribution < 1.29 is 18.0 Å². The smallest absolute Gasteiger partial charge is 0.288 e. The van der Waals surface area contributed by atoms with Crippen molar-refractivity contribution in [1.29, 1.82) is 5.26 Å². The summed E-state index contributed by atoms with van der Waals surface area (Å²) in [6, 6.07) is 15.5. The van der Waals surface area contributed by atoms with E-state index in [0.29, 0.717) is 38.9 Å². The molecule has 0 saturated heterocycles. The molecule has 160 valence electrons. The molecule has 32 heavy (non-hydrogen) atoms. The number of amides is 1. The van der Waals surface area contributed by atoms with Gasteiger partial charge in [-0.05, 0) is 35.7 Å². The van der Waals surface area contributed by atoms with E-state index in [1.54, 1.807) is 47.7 Å². The normalized spacial score (nSPS) is 11.5. The Labute approximate surface area is 194 Å². The third-order valence-electron chi connectivity index (χ3n) is 4.14. The summed E-state index contributed by atoms with van der Waals surface area (Å²) in [5.74, 6) is -2.27. The van der Waals surface area contributed by atoms with Gasteiger partial charge in [-0.15, -0.1) is 22.7 Å². The largest absolute Gasteiger partial charge is 0.457 e. The van der Waals surface area contributed by atoms with Crippen LogP contribution in [0.15, 0.2) is 74.2 Å².